The third kappa shape index (κ3) is 1.62. The molecule has 0 spiro atoms. The second kappa shape index (κ2) is 3.93. The lowest BCUT2D eigenvalue weighted by molar-refractivity contribution is 1.44. The Kier molecular flexibility index (Phi) is 2.75. The fraction of sp³-hybridized carbons (Fsp3) is 0.250. The van der Waals surface area contributed by atoms with Crippen LogP contribution in [0.3, 0.4) is 0 Å². The Morgan fingerprint density at radius 2 is 1.94 bits per heavy atom. The summed E-state index contributed by atoms with van der Waals surface area (Å²) in [4.78, 5) is 4.29. The van der Waals surface area contributed by atoms with Crippen LogP contribution in [0.25, 0.3) is 9.75 Å². The third-order valence-corrected chi connectivity index (χ3v) is 5.23. The standard InChI is InChI=1S/C12H12N2S2/c1-6-4-9(15-8(6)3)12-7(2)11(14)10(5-13)16-12/h4H,14H2,1-3H3. The van der Waals surface area contributed by atoms with Gasteiger partial charge in [-0.3, -0.25) is 0 Å². The van der Waals surface area contributed by atoms with Crippen molar-refractivity contribution < 1.29 is 0 Å². The van der Waals surface area contributed by atoms with Gasteiger partial charge in [0.05, 0.1) is 10.6 Å². The Balaban J connectivity index is 2.61. The third-order valence-electron chi connectivity index (χ3n) is 2.68. The smallest absolute Gasteiger partial charge is 0.128 e. The minimum Gasteiger partial charge on any atom is -0.397 e. The highest BCUT2D eigenvalue weighted by Gasteiger charge is 2.15. The number of nitrogen functional groups attached to an aromatic ring is 1. The van der Waals surface area contributed by atoms with Crippen molar-refractivity contribution in [1.29, 1.82) is 5.26 Å². The van der Waals surface area contributed by atoms with Gasteiger partial charge >= 0.3 is 0 Å². The monoisotopic (exact) mass is 248 g/mol. The summed E-state index contributed by atoms with van der Waals surface area (Å²) >= 11 is 3.25. The largest absolute Gasteiger partial charge is 0.397 e. The Hall–Kier alpha value is -1.31. The highest BCUT2D eigenvalue weighted by atomic mass is 32.1. The summed E-state index contributed by atoms with van der Waals surface area (Å²) in [5, 5.41) is 8.95. The molecule has 2 heterocycles. The molecule has 4 heteroatoms. The van der Waals surface area contributed by atoms with Gasteiger partial charge in [-0.1, -0.05) is 0 Å². The van der Waals surface area contributed by atoms with Crippen molar-refractivity contribution in [3.8, 4) is 15.8 Å². The Morgan fingerprint density at radius 3 is 2.38 bits per heavy atom. The molecule has 0 atom stereocenters. The van der Waals surface area contributed by atoms with Crippen LogP contribution in [0.15, 0.2) is 6.07 Å². The number of thiophene rings is 2. The summed E-state index contributed by atoms with van der Waals surface area (Å²) in [5.74, 6) is 0. The lowest BCUT2D eigenvalue weighted by Crippen LogP contribution is -1.86. The van der Waals surface area contributed by atoms with Gasteiger partial charge in [0.2, 0.25) is 0 Å². The van der Waals surface area contributed by atoms with Gasteiger partial charge < -0.3 is 5.73 Å². The molecular weight excluding hydrogens is 236 g/mol. The molecule has 82 valence electrons. The number of nitriles is 1. The van der Waals surface area contributed by atoms with E-state index in [-0.39, 0.29) is 0 Å². The molecule has 2 aromatic heterocycles. The number of rotatable bonds is 1. The maximum absolute atomic E-state index is 8.95. The molecule has 2 nitrogen and oxygen atoms in total. The van der Waals surface area contributed by atoms with E-state index in [9.17, 15) is 0 Å². The van der Waals surface area contributed by atoms with Crippen LogP contribution < -0.4 is 5.73 Å². The van der Waals surface area contributed by atoms with Crippen molar-refractivity contribution in [2.45, 2.75) is 20.8 Å². The van der Waals surface area contributed by atoms with E-state index in [0.717, 1.165) is 10.4 Å². The van der Waals surface area contributed by atoms with Crippen LogP contribution in [0.5, 0.6) is 0 Å². The van der Waals surface area contributed by atoms with Gasteiger partial charge in [0, 0.05) is 9.75 Å². The van der Waals surface area contributed by atoms with E-state index in [2.05, 4.69) is 26.0 Å². The van der Waals surface area contributed by atoms with Crippen molar-refractivity contribution in [2.24, 2.45) is 0 Å². The van der Waals surface area contributed by atoms with Gasteiger partial charge in [-0.05, 0) is 38.0 Å². The number of hydrogen-bond donors (Lipinski definition) is 1. The van der Waals surface area contributed by atoms with Crippen LogP contribution in [0.4, 0.5) is 5.69 Å². The van der Waals surface area contributed by atoms with E-state index in [1.807, 2.05) is 6.92 Å². The highest BCUT2D eigenvalue weighted by molar-refractivity contribution is 7.23. The predicted octanol–water partition coefficient (Wildman–Crippen LogP) is 3.86. The van der Waals surface area contributed by atoms with Gasteiger partial charge in [-0.15, -0.1) is 22.7 Å². The molecule has 0 unspecified atom stereocenters. The second-order valence-corrected chi connectivity index (χ2v) is 6.04. The molecule has 0 amide bonds. The van der Waals surface area contributed by atoms with Crippen LogP contribution in [0, 0.1) is 32.1 Å². The van der Waals surface area contributed by atoms with Crippen molar-refractivity contribution >= 4 is 28.4 Å². The van der Waals surface area contributed by atoms with Gasteiger partial charge in [-0.2, -0.15) is 5.26 Å². The zero-order chi connectivity index (χ0) is 11.9. The van der Waals surface area contributed by atoms with Gasteiger partial charge in [0.15, 0.2) is 0 Å². The lowest BCUT2D eigenvalue weighted by atomic mass is 10.2. The zero-order valence-corrected chi connectivity index (χ0v) is 11.1. The molecule has 0 aliphatic heterocycles. The molecule has 0 radical (unpaired) electrons. The molecule has 0 aliphatic carbocycles. The molecule has 2 rings (SSSR count). The molecule has 16 heavy (non-hydrogen) atoms. The topological polar surface area (TPSA) is 49.8 Å². The predicted molar refractivity (Wildman–Crippen MR) is 71.0 cm³/mol. The minimum atomic E-state index is 0.621. The Morgan fingerprint density at radius 1 is 1.25 bits per heavy atom. The summed E-state index contributed by atoms with van der Waals surface area (Å²) in [5.41, 5.74) is 8.85. The average molecular weight is 248 g/mol. The number of nitrogens with zero attached hydrogens (tertiary/aromatic N) is 1. The first-order valence-corrected chi connectivity index (χ1v) is 6.54. The summed E-state index contributed by atoms with van der Waals surface area (Å²) < 4.78 is 0. The first kappa shape index (κ1) is 11.2. The molecule has 0 aromatic carbocycles. The summed E-state index contributed by atoms with van der Waals surface area (Å²) in [6, 6.07) is 4.31. The summed E-state index contributed by atoms with van der Waals surface area (Å²) in [6.07, 6.45) is 0. The average Bonchev–Trinajstić information content (AvgIpc) is 2.72. The minimum absolute atomic E-state index is 0.621. The molecule has 2 N–H and O–H groups in total. The maximum atomic E-state index is 8.95. The highest BCUT2D eigenvalue weighted by Crippen LogP contribution is 2.41. The van der Waals surface area contributed by atoms with Crippen molar-refractivity contribution in [3.05, 3.63) is 26.9 Å². The second-order valence-electron chi connectivity index (χ2n) is 3.76. The molecule has 2 aromatic rings. The molecule has 0 saturated heterocycles. The van der Waals surface area contributed by atoms with Crippen LogP contribution in [-0.4, -0.2) is 0 Å². The van der Waals surface area contributed by atoms with Gasteiger partial charge in [-0.25, -0.2) is 0 Å². The molecule has 0 saturated carbocycles. The van der Waals surface area contributed by atoms with Crippen LogP contribution >= 0.6 is 22.7 Å². The fourth-order valence-electron chi connectivity index (χ4n) is 1.53. The lowest BCUT2D eigenvalue weighted by Gasteiger charge is -1.94. The summed E-state index contributed by atoms with van der Waals surface area (Å²) in [7, 11) is 0. The SMILES string of the molecule is Cc1cc(-c2sc(C#N)c(N)c2C)sc1C. The Labute approximate surface area is 103 Å². The maximum Gasteiger partial charge on any atom is 0.128 e. The number of nitrogens with two attached hydrogens (primary N) is 1. The Bertz CT molecular complexity index is 565. The molecule has 0 bridgehead atoms. The van der Waals surface area contributed by atoms with Crippen LogP contribution in [0.1, 0.15) is 20.9 Å². The van der Waals surface area contributed by atoms with Crippen molar-refractivity contribution in [2.75, 3.05) is 5.73 Å². The zero-order valence-electron chi connectivity index (χ0n) is 9.42. The van der Waals surface area contributed by atoms with Gasteiger partial charge in [0.1, 0.15) is 10.9 Å². The van der Waals surface area contributed by atoms with E-state index < -0.39 is 0 Å². The van der Waals surface area contributed by atoms with E-state index in [0.29, 0.717) is 10.6 Å². The van der Waals surface area contributed by atoms with E-state index >= 15 is 0 Å². The first-order chi connectivity index (χ1) is 7.54. The molecular formula is C12H12N2S2. The fourth-order valence-corrected chi connectivity index (χ4v) is 3.75. The number of aryl methyl sites for hydroxylation is 2. The first-order valence-electron chi connectivity index (χ1n) is 4.91. The van der Waals surface area contributed by atoms with E-state index in [4.69, 9.17) is 11.0 Å². The number of anilines is 1. The number of hydrogen-bond acceptors (Lipinski definition) is 4. The van der Waals surface area contributed by atoms with Crippen LogP contribution in [-0.2, 0) is 0 Å². The van der Waals surface area contributed by atoms with Crippen LogP contribution in [0.2, 0.25) is 0 Å². The van der Waals surface area contributed by atoms with Crippen molar-refractivity contribution in [3.63, 3.8) is 0 Å². The van der Waals surface area contributed by atoms with E-state index in [1.165, 1.54) is 26.7 Å². The van der Waals surface area contributed by atoms with Crippen molar-refractivity contribution in [1.82, 2.24) is 0 Å². The quantitative estimate of drug-likeness (QED) is 0.833. The normalized spacial score (nSPS) is 10.4. The van der Waals surface area contributed by atoms with E-state index in [1.54, 1.807) is 11.3 Å². The van der Waals surface area contributed by atoms with Gasteiger partial charge in [0.25, 0.3) is 0 Å². The molecule has 0 fully saturated rings. The summed E-state index contributed by atoms with van der Waals surface area (Å²) in [6.45, 7) is 6.19. The molecule has 0 aliphatic rings.